The Hall–Kier alpha value is -4.14. The average molecular weight is 477 g/mol. The van der Waals surface area contributed by atoms with Crippen LogP contribution >= 0.6 is 0 Å². The topological polar surface area (TPSA) is 123 Å². The van der Waals surface area contributed by atoms with E-state index in [1.807, 2.05) is 36.4 Å². The van der Waals surface area contributed by atoms with Gasteiger partial charge in [-0.2, -0.15) is 5.10 Å². The number of carboxylic acid groups (broad SMARTS) is 1. The highest BCUT2D eigenvalue weighted by Gasteiger charge is 2.32. The molecule has 35 heavy (non-hydrogen) atoms. The number of aliphatic carboxylic acids is 1. The molecule has 1 atom stereocenters. The molecule has 2 amide bonds. The Labute approximate surface area is 203 Å². The van der Waals surface area contributed by atoms with Crippen molar-refractivity contribution in [1.82, 2.24) is 15.1 Å². The molecule has 2 aromatic carbocycles. The predicted octanol–water partition coefficient (Wildman–Crippen LogP) is 3.86. The van der Waals surface area contributed by atoms with Crippen LogP contribution in [0, 0.1) is 5.41 Å². The fourth-order valence-electron chi connectivity index (χ4n) is 4.27. The van der Waals surface area contributed by atoms with Crippen molar-refractivity contribution in [2.45, 2.75) is 39.3 Å². The van der Waals surface area contributed by atoms with Gasteiger partial charge in [-0.3, -0.25) is 14.8 Å². The Morgan fingerprint density at radius 2 is 1.66 bits per heavy atom. The predicted molar refractivity (Wildman–Crippen MR) is 130 cm³/mol. The van der Waals surface area contributed by atoms with Crippen LogP contribution in [-0.4, -0.2) is 45.5 Å². The maximum absolute atomic E-state index is 12.4. The summed E-state index contributed by atoms with van der Waals surface area (Å²) < 4.78 is 6.83. The average Bonchev–Trinajstić information content (AvgIpc) is 3.37. The number of carbonyl (C=O) groups is 3. The summed E-state index contributed by atoms with van der Waals surface area (Å²) >= 11 is 0. The lowest BCUT2D eigenvalue weighted by molar-refractivity contribution is -0.145. The maximum Gasteiger partial charge on any atom is 0.411 e. The fourth-order valence-corrected chi connectivity index (χ4v) is 4.27. The summed E-state index contributed by atoms with van der Waals surface area (Å²) in [6.45, 7) is 5.19. The molecular formula is C26H28N4O5. The monoisotopic (exact) mass is 476 g/mol. The zero-order chi connectivity index (χ0) is 25.2. The van der Waals surface area contributed by atoms with Gasteiger partial charge >= 0.3 is 12.1 Å². The summed E-state index contributed by atoms with van der Waals surface area (Å²) in [6.07, 6.45) is 2.25. The van der Waals surface area contributed by atoms with Crippen LogP contribution in [0.3, 0.4) is 0 Å². The molecule has 0 saturated heterocycles. The molecule has 1 aromatic heterocycles. The van der Waals surface area contributed by atoms with Gasteiger partial charge in [-0.15, -0.1) is 0 Å². The van der Waals surface area contributed by atoms with Gasteiger partial charge in [0.2, 0.25) is 5.91 Å². The van der Waals surface area contributed by atoms with Gasteiger partial charge in [0.05, 0.1) is 11.9 Å². The van der Waals surface area contributed by atoms with E-state index in [0.717, 1.165) is 22.3 Å². The summed E-state index contributed by atoms with van der Waals surface area (Å²) in [5.74, 6) is -1.66. The van der Waals surface area contributed by atoms with Crippen molar-refractivity contribution in [3.63, 3.8) is 0 Å². The molecule has 1 aliphatic rings. The summed E-state index contributed by atoms with van der Waals surface area (Å²) in [7, 11) is 0. The lowest BCUT2D eigenvalue weighted by Gasteiger charge is -2.27. The van der Waals surface area contributed by atoms with E-state index in [1.54, 1.807) is 20.8 Å². The zero-order valence-electron chi connectivity index (χ0n) is 19.8. The number of fused-ring (bicyclic) bond motifs is 3. The zero-order valence-corrected chi connectivity index (χ0v) is 19.8. The van der Waals surface area contributed by atoms with Gasteiger partial charge in [-0.05, 0) is 27.7 Å². The SMILES string of the molecule is CC(C)(C)[C@@H](NC(=O)Cn1cc(NC(=O)OCC2c3ccccc3-c3ccccc32)cn1)C(=O)O. The molecule has 3 aromatic rings. The van der Waals surface area contributed by atoms with E-state index in [9.17, 15) is 19.5 Å². The van der Waals surface area contributed by atoms with Crippen LogP contribution in [0.25, 0.3) is 11.1 Å². The number of amides is 2. The van der Waals surface area contributed by atoms with Crippen LogP contribution in [0.1, 0.15) is 37.8 Å². The number of nitrogens with one attached hydrogen (secondary N) is 2. The fraction of sp³-hybridized carbons (Fsp3) is 0.308. The standard InChI is InChI=1S/C26H28N4O5/c1-26(2,3)23(24(32)33)29-22(31)14-30-13-16(12-27-30)28-25(34)35-15-21-19-10-6-4-8-17(19)18-9-5-7-11-20(18)21/h4-13,21,23H,14-15H2,1-3H3,(H,28,34)(H,29,31)(H,32,33)/t23-/m0/s1. The highest BCUT2D eigenvalue weighted by atomic mass is 16.5. The molecule has 0 bridgehead atoms. The highest BCUT2D eigenvalue weighted by molar-refractivity contribution is 5.85. The molecule has 0 aliphatic heterocycles. The lowest BCUT2D eigenvalue weighted by Crippen LogP contribution is -2.50. The van der Waals surface area contributed by atoms with Gasteiger partial charge in [-0.1, -0.05) is 69.3 Å². The number of hydrogen-bond acceptors (Lipinski definition) is 5. The normalized spacial score (nSPS) is 13.5. The third-order valence-electron chi connectivity index (χ3n) is 5.95. The second-order valence-corrected chi connectivity index (χ2v) is 9.58. The van der Waals surface area contributed by atoms with E-state index in [-0.39, 0.29) is 19.1 Å². The van der Waals surface area contributed by atoms with Gasteiger partial charge in [0.15, 0.2) is 0 Å². The molecule has 0 saturated carbocycles. The number of carboxylic acids is 1. The quantitative estimate of drug-likeness (QED) is 0.476. The largest absolute Gasteiger partial charge is 0.480 e. The number of hydrogen-bond donors (Lipinski definition) is 3. The van der Waals surface area contributed by atoms with Crippen molar-refractivity contribution in [1.29, 1.82) is 0 Å². The van der Waals surface area contributed by atoms with Gasteiger partial charge in [0.25, 0.3) is 0 Å². The highest BCUT2D eigenvalue weighted by Crippen LogP contribution is 2.44. The number of rotatable bonds is 7. The summed E-state index contributed by atoms with van der Waals surface area (Å²) in [5.41, 5.74) is 4.25. The number of anilines is 1. The van der Waals surface area contributed by atoms with Crippen LogP contribution in [-0.2, 0) is 20.9 Å². The molecule has 9 heteroatoms. The molecule has 0 radical (unpaired) electrons. The summed E-state index contributed by atoms with van der Waals surface area (Å²) in [5, 5.41) is 18.6. The third kappa shape index (κ3) is 5.34. The molecule has 1 aliphatic carbocycles. The van der Waals surface area contributed by atoms with Gasteiger partial charge in [0.1, 0.15) is 19.2 Å². The van der Waals surface area contributed by atoms with Crippen molar-refractivity contribution in [3.05, 3.63) is 72.1 Å². The molecular weight excluding hydrogens is 448 g/mol. The van der Waals surface area contributed by atoms with Gasteiger partial charge in [-0.25, -0.2) is 9.59 Å². The van der Waals surface area contributed by atoms with E-state index >= 15 is 0 Å². The number of carbonyl (C=O) groups excluding carboxylic acids is 2. The first kappa shape index (κ1) is 24.0. The molecule has 0 unspecified atom stereocenters. The van der Waals surface area contributed by atoms with Gasteiger partial charge in [0, 0.05) is 12.1 Å². The van der Waals surface area contributed by atoms with Crippen LogP contribution in [0.2, 0.25) is 0 Å². The second kappa shape index (κ2) is 9.61. The minimum atomic E-state index is -1.11. The van der Waals surface area contributed by atoms with Crippen molar-refractivity contribution in [3.8, 4) is 11.1 Å². The van der Waals surface area contributed by atoms with E-state index in [0.29, 0.717) is 5.69 Å². The van der Waals surface area contributed by atoms with Crippen molar-refractivity contribution in [2.24, 2.45) is 5.41 Å². The maximum atomic E-state index is 12.4. The molecule has 182 valence electrons. The molecule has 1 heterocycles. The molecule has 4 rings (SSSR count). The number of benzene rings is 2. The van der Waals surface area contributed by atoms with Crippen LogP contribution in [0.4, 0.5) is 10.5 Å². The van der Waals surface area contributed by atoms with Crippen LogP contribution in [0.15, 0.2) is 60.9 Å². The Morgan fingerprint density at radius 3 is 2.23 bits per heavy atom. The first-order valence-electron chi connectivity index (χ1n) is 11.3. The Balaban J connectivity index is 1.33. The number of nitrogens with zero attached hydrogens (tertiary/aromatic N) is 2. The minimum Gasteiger partial charge on any atom is -0.480 e. The minimum absolute atomic E-state index is 0.0513. The second-order valence-electron chi connectivity index (χ2n) is 9.58. The third-order valence-corrected chi connectivity index (χ3v) is 5.95. The summed E-state index contributed by atoms with van der Waals surface area (Å²) in [6, 6.07) is 15.1. The number of aromatic nitrogens is 2. The van der Waals surface area contributed by atoms with E-state index in [1.165, 1.54) is 17.1 Å². The van der Waals surface area contributed by atoms with Crippen molar-refractivity contribution >= 4 is 23.7 Å². The first-order valence-corrected chi connectivity index (χ1v) is 11.3. The molecule has 0 spiro atoms. The van der Waals surface area contributed by atoms with E-state index < -0.39 is 29.4 Å². The molecule has 3 N–H and O–H groups in total. The lowest BCUT2D eigenvalue weighted by atomic mass is 9.87. The number of ether oxygens (including phenoxy) is 1. The van der Waals surface area contributed by atoms with Crippen LogP contribution in [0.5, 0.6) is 0 Å². The Morgan fingerprint density at radius 1 is 1.06 bits per heavy atom. The summed E-state index contributed by atoms with van der Waals surface area (Å²) in [4.78, 5) is 36.2. The van der Waals surface area contributed by atoms with Gasteiger partial charge < -0.3 is 15.2 Å². The Kier molecular flexibility index (Phi) is 6.59. The molecule has 0 fully saturated rings. The van der Waals surface area contributed by atoms with Crippen molar-refractivity contribution < 1.29 is 24.2 Å². The van der Waals surface area contributed by atoms with E-state index in [2.05, 4.69) is 27.9 Å². The smallest absolute Gasteiger partial charge is 0.411 e. The van der Waals surface area contributed by atoms with Crippen molar-refractivity contribution in [2.75, 3.05) is 11.9 Å². The molecule has 9 nitrogen and oxygen atoms in total. The van der Waals surface area contributed by atoms with E-state index in [4.69, 9.17) is 4.74 Å². The van der Waals surface area contributed by atoms with Crippen LogP contribution < -0.4 is 10.6 Å². The Bertz CT molecular complexity index is 1210. The first-order chi connectivity index (χ1) is 16.6.